The van der Waals surface area contributed by atoms with Crippen molar-refractivity contribution in [3.63, 3.8) is 0 Å². The van der Waals surface area contributed by atoms with Crippen LogP contribution in [0.25, 0.3) is 16.8 Å². The highest BCUT2D eigenvalue weighted by Gasteiger charge is 2.17. The Bertz CT molecular complexity index is 1140. The molecule has 0 fully saturated rings. The van der Waals surface area contributed by atoms with Crippen molar-refractivity contribution in [2.24, 2.45) is 0 Å². The summed E-state index contributed by atoms with van der Waals surface area (Å²) in [5, 5.41) is 9.25. The van der Waals surface area contributed by atoms with Gasteiger partial charge in [0.25, 0.3) is 5.91 Å². The van der Waals surface area contributed by atoms with Gasteiger partial charge in [0.2, 0.25) is 5.95 Å². The molecule has 0 spiro atoms. The number of thiazole rings is 1. The molecule has 7 nitrogen and oxygen atoms in total. The number of amides is 1. The molecule has 0 aliphatic heterocycles. The number of carbonyl (C=O) groups is 1. The first-order chi connectivity index (χ1) is 12.5. The van der Waals surface area contributed by atoms with Crippen molar-refractivity contribution in [3.8, 4) is 11.1 Å². The molecule has 0 atom stereocenters. The van der Waals surface area contributed by atoms with Crippen molar-refractivity contribution in [1.82, 2.24) is 24.6 Å². The normalized spacial score (nSPS) is 11.0. The monoisotopic (exact) mass is 368 g/mol. The quantitative estimate of drug-likeness (QED) is 0.561. The van der Waals surface area contributed by atoms with E-state index >= 15 is 0 Å². The predicted octanol–water partition coefficient (Wildman–Crippen LogP) is 3.26. The van der Waals surface area contributed by atoms with Gasteiger partial charge >= 0.3 is 0 Å². The fraction of sp³-hybridized carbons (Fsp3) is 0.118. The molecule has 9 heteroatoms. The summed E-state index contributed by atoms with van der Waals surface area (Å²) in [4.78, 5) is 24.9. The topological polar surface area (TPSA) is 85.1 Å². The summed E-state index contributed by atoms with van der Waals surface area (Å²) in [5.74, 6) is -0.862. The van der Waals surface area contributed by atoms with Crippen LogP contribution >= 0.6 is 11.3 Å². The number of aromatic nitrogens is 5. The maximum absolute atomic E-state index is 13.5. The summed E-state index contributed by atoms with van der Waals surface area (Å²) >= 11 is 1.35. The molecule has 0 aliphatic carbocycles. The molecule has 4 aromatic heterocycles. The highest BCUT2D eigenvalue weighted by molar-refractivity contribution is 7.13. The van der Waals surface area contributed by atoms with E-state index in [2.05, 4.69) is 25.4 Å². The van der Waals surface area contributed by atoms with E-state index in [0.29, 0.717) is 33.0 Å². The number of hydrogen-bond acceptors (Lipinski definition) is 6. The van der Waals surface area contributed by atoms with Crippen LogP contribution in [0.1, 0.15) is 21.6 Å². The van der Waals surface area contributed by atoms with E-state index in [0.717, 1.165) is 5.69 Å². The van der Waals surface area contributed by atoms with Gasteiger partial charge in [-0.05, 0) is 26.0 Å². The summed E-state index contributed by atoms with van der Waals surface area (Å²) < 4.78 is 15.0. The van der Waals surface area contributed by atoms with Gasteiger partial charge < -0.3 is 0 Å². The largest absolute Gasteiger partial charge is 0.298 e. The SMILES string of the molecule is Cc1csc(NC(=O)c2cc(-c3cnc(F)c(C)c3)cn3ncnc23)n1. The molecule has 0 saturated heterocycles. The van der Waals surface area contributed by atoms with Crippen LogP contribution in [0.3, 0.4) is 0 Å². The van der Waals surface area contributed by atoms with Crippen LogP contribution in [0, 0.1) is 19.8 Å². The molecule has 1 amide bonds. The molecule has 4 rings (SSSR count). The van der Waals surface area contributed by atoms with Gasteiger partial charge in [-0.3, -0.25) is 10.1 Å². The van der Waals surface area contributed by atoms with Crippen molar-refractivity contribution < 1.29 is 9.18 Å². The summed E-state index contributed by atoms with van der Waals surface area (Å²) in [6, 6.07) is 3.36. The lowest BCUT2D eigenvalue weighted by molar-refractivity contribution is 0.102. The summed E-state index contributed by atoms with van der Waals surface area (Å²) in [5.41, 5.74) is 3.38. The van der Waals surface area contributed by atoms with Gasteiger partial charge in [0.05, 0.1) is 11.3 Å². The number of carbonyl (C=O) groups excluding carboxylic acids is 1. The van der Waals surface area contributed by atoms with Crippen molar-refractivity contribution >= 4 is 28.0 Å². The standard InChI is InChI=1S/C17H13FN6OS/c1-9-3-11(5-19-14(9)18)12-4-13(15-20-8-21-24(15)6-12)16(25)23-17-22-10(2)7-26-17/h3-8H,1-2H3,(H,22,23,25). The third kappa shape index (κ3) is 2.93. The van der Waals surface area contributed by atoms with E-state index in [4.69, 9.17) is 0 Å². The minimum absolute atomic E-state index is 0.342. The first kappa shape index (κ1) is 16.3. The van der Waals surface area contributed by atoms with E-state index in [-0.39, 0.29) is 5.91 Å². The van der Waals surface area contributed by atoms with Crippen LogP contribution in [0.2, 0.25) is 0 Å². The Morgan fingerprint density at radius 3 is 2.81 bits per heavy atom. The van der Waals surface area contributed by atoms with E-state index in [9.17, 15) is 9.18 Å². The van der Waals surface area contributed by atoms with Crippen LogP contribution in [-0.2, 0) is 0 Å². The van der Waals surface area contributed by atoms with Gasteiger partial charge in [-0.15, -0.1) is 11.3 Å². The number of anilines is 1. The maximum atomic E-state index is 13.5. The first-order valence-electron chi connectivity index (χ1n) is 7.70. The summed E-state index contributed by atoms with van der Waals surface area (Å²) in [6.07, 6.45) is 4.52. The number of pyridine rings is 2. The van der Waals surface area contributed by atoms with Crippen LogP contribution in [0.5, 0.6) is 0 Å². The molecule has 0 radical (unpaired) electrons. The molecule has 0 unspecified atom stereocenters. The lowest BCUT2D eigenvalue weighted by Gasteiger charge is -2.08. The van der Waals surface area contributed by atoms with Crippen LogP contribution < -0.4 is 5.32 Å². The smallest absolute Gasteiger partial charge is 0.261 e. The number of aryl methyl sites for hydroxylation is 2. The minimum Gasteiger partial charge on any atom is -0.298 e. The zero-order chi connectivity index (χ0) is 18.3. The Kier molecular flexibility index (Phi) is 3.92. The number of fused-ring (bicyclic) bond motifs is 1. The van der Waals surface area contributed by atoms with Crippen LogP contribution in [-0.4, -0.2) is 30.5 Å². The zero-order valence-corrected chi connectivity index (χ0v) is 14.7. The highest BCUT2D eigenvalue weighted by Crippen LogP contribution is 2.24. The number of rotatable bonds is 3. The molecule has 4 heterocycles. The number of hydrogen-bond donors (Lipinski definition) is 1. The van der Waals surface area contributed by atoms with Crippen LogP contribution in [0.4, 0.5) is 9.52 Å². The minimum atomic E-state index is -0.521. The van der Waals surface area contributed by atoms with Crippen molar-refractivity contribution in [2.75, 3.05) is 5.32 Å². The molecular weight excluding hydrogens is 355 g/mol. The third-order valence-electron chi connectivity index (χ3n) is 3.81. The average molecular weight is 368 g/mol. The Labute approximate surface area is 151 Å². The average Bonchev–Trinajstić information content (AvgIpc) is 3.25. The van der Waals surface area contributed by atoms with E-state index in [1.807, 2.05) is 12.3 Å². The Hall–Kier alpha value is -3.20. The Morgan fingerprint density at radius 1 is 1.23 bits per heavy atom. The number of nitrogens with zero attached hydrogens (tertiary/aromatic N) is 5. The second-order valence-electron chi connectivity index (χ2n) is 5.75. The number of nitrogens with one attached hydrogen (secondary N) is 1. The molecule has 130 valence electrons. The third-order valence-corrected chi connectivity index (χ3v) is 4.68. The van der Waals surface area contributed by atoms with Crippen molar-refractivity contribution in [2.45, 2.75) is 13.8 Å². The van der Waals surface area contributed by atoms with Crippen molar-refractivity contribution in [3.05, 3.63) is 59.0 Å². The molecule has 0 aromatic carbocycles. The predicted molar refractivity (Wildman–Crippen MR) is 95.7 cm³/mol. The molecule has 1 N–H and O–H groups in total. The highest BCUT2D eigenvalue weighted by atomic mass is 32.1. The van der Waals surface area contributed by atoms with Gasteiger partial charge in [0.15, 0.2) is 10.8 Å². The fourth-order valence-corrected chi connectivity index (χ4v) is 3.23. The lowest BCUT2D eigenvalue weighted by atomic mass is 10.1. The fourth-order valence-electron chi connectivity index (χ4n) is 2.54. The molecule has 0 aliphatic rings. The van der Waals surface area contributed by atoms with E-state index in [1.54, 1.807) is 25.3 Å². The molecule has 4 aromatic rings. The summed E-state index contributed by atoms with van der Waals surface area (Å²) in [7, 11) is 0. The van der Waals surface area contributed by atoms with Gasteiger partial charge in [-0.25, -0.2) is 19.5 Å². The van der Waals surface area contributed by atoms with Gasteiger partial charge in [-0.1, -0.05) is 0 Å². The van der Waals surface area contributed by atoms with Crippen LogP contribution in [0.15, 0.2) is 36.2 Å². The molecule has 0 saturated carbocycles. The number of halogens is 1. The lowest BCUT2D eigenvalue weighted by Crippen LogP contribution is -2.14. The summed E-state index contributed by atoms with van der Waals surface area (Å²) in [6.45, 7) is 3.49. The second kappa shape index (κ2) is 6.26. The molecular formula is C17H13FN6OS. The molecule has 0 bridgehead atoms. The zero-order valence-electron chi connectivity index (χ0n) is 13.9. The van der Waals surface area contributed by atoms with Gasteiger partial charge in [0, 0.05) is 34.5 Å². The van der Waals surface area contributed by atoms with Gasteiger partial charge in [-0.2, -0.15) is 9.49 Å². The van der Waals surface area contributed by atoms with E-state index in [1.165, 1.54) is 28.4 Å². The Morgan fingerprint density at radius 2 is 2.08 bits per heavy atom. The van der Waals surface area contributed by atoms with Crippen molar-refractivity contribution in [1.29, 1.82) is 0 Å². The maximum Gasteiger partial charge on any atom is 0.261 e. The second-order valence-corrected chi connectivity index (χ2v) is 6.61. The molecule has 26 heavy (non-hydrogen) atoms. The van der Waals surface area contributed by atoms with E-state index < -0.39 is 5.95 Å². The Balaban J connectivity index is 1.79. The first-order valence-corrected chi connectivity index (χ1v) is 8.58. The van der Waals surface area contributed by atoms with Gasteiger partial charge in [0.1, 0.15) is 6.33 Å².